The van der Waals surface area contributed by atoms with Crippen molar-refractivity contribution < 1.29 is 14.3 Å². The first-order chi connectivity index (χ1) is 11.1. The van der Waals surface area contributed by atoms with Gasteiger partial charge in [-0.1, -0.05) is 31.2 Å². The molecule has 0 aromatic heterocycles. The Hall–Kier alpha value is -2.04. The van der Waals surface area contributed by atoms with E-state index >= 15 is 0 Å². The Bertz CT molecular complexity index is 520. The summed E-state index contributed by atoms with van der Waals surface area (Å²) in [5, 5.41) is 2.80. The van der Waals surface area contributed by atoms with Gasteiger partial charge >= 0.3 is 6.09 Å². The molecular formula is C18H26N2O3. The molecule has 1 fully saturated rings. The van der Waals surface area contributed by atoms with Crippen molar-refractivity contribution >= 4 is 12.0 Å². The van der Waals surface area contributed by atoms with Gasteiger partial charge in [-0.3, -0.25) is 4.79 Å². The summed E-state index contributed by atoms with van der Waals surface area (Å²) >= 11 is 0. The van der Waals surface area contributed by atoms with Crippen LogP contribution in [0.1, 0.15) is 37.3 Å². The number of hydrogen-bond donors (Lipinski definition) is 1. The molecule has 1 N–H and O–H groups in total. The van der Waals surface area contributed by atoms with E-state index < -0.39 is 6.09 Å². The molecule has 23 heavy (non-hydrogen) atoms. The van der Waals surface area contributed by atoms with Crippen molar-refractivity contribution in [1.82, 2.24) is 10.2 Å². The number of aryl methyl sites for hydroxylation is 2. The lowest BCUT2D eigenvalue weighted by Crippen LogP contribution is -2.46. The highest BCUT2D eigenvalue weighted by atomic mass is 16.5. The number of likely N-dealkylation sites (tertiary alicyclic amines) is 1. The summed E-state index contributed by atoms with van der Waals surface area (Å²) in [6.45, 7) is 3.53. The lowest BCUT2D eigenvalue weighted by atomic mass is 10.0. The molecule has 2 rings (SSSR count). The largest absolute Gasteiger partial charge is 0.453 e. The van der Waals surface area contributed by atoms with E-state index in [-0.39, 0.29) is 11.9 Å². The van der Waals surface area contributed by atoms with Gasteiger partial charge in [0.1, 0.15) is 0 Å². The van der Waals surface area contributed by atoms with Crippen molar-refractivity contribution in [1.29, 1.82) is 0 Å². The number of methoxy groups -OCH3 is 1. The summed E-state index contributed by atoms with van der Waals surface area (Å²) in [6.07, 6.45) is 3.53. The molecular weight excluding hydrogens is 292 g/mol. The van der Waals surface area contributed by atoms with Crippen molar-refractivity contribution in [3.63, 3.8) is 0 Å². The predicted octanol–water partition coefficient (Wildman–Crippen LogP) is 2.53. The number of alkyl carbamates (subject to hydrolysis) is 1. The highest BCUT2D eigenvalue weighted by Gasteiger charge is 2.23. The molecule has 0 spiro atoms. The fraction of sp³-hybridized carbons (Fsp3) is 0.556. The van der Waals surface area contributed by atoms with Gasteiger partial charge in [0.15, 0.2) is 0 Å². The smallest absolute Gasteiger partial charge is 0.407 e. The summed E-state index contributed by atoms with van der Waals surface area (Å²) in [5.74, 6) is 0.195. The van der Waals surface area contributed by atoms with Crippen molar-refractivity contribution in [2.45, 2.75) is 45.1 Å². The van der Waals surface area contributed by atoms with Crippen LogP contribution in [0.15, 0.2) is 24.3 Å². The number of rotatable bonds is 5. The Morgan fingerprint density at radius 1 is 1.17 bits per heavy atom. The predicted molar refractivity (Wildman–Crippen MR) is 89.3 cm³/mol. The van der Waals surface area contributed by atoms with Crippen LogP contribution >= 0.6 is 0 Å². The van der Waals surface area contributed by atoms with E-state index in [1.165, 1.54) is 18.2 Å². The highest BCUT2D eigenvalue weighted by molar-refractivity contribution is 5.76. The first kappa shape index (κ1) is 17.3. The molecule has 1 aromatic rings. The summed E-state index contributed by atoms with van der Waals surface area (Å²) in [7, 11) is 1.36. The molecule has 0 bridgehead atoms. The van der Waals surface area contributed by atoms with Crippen molar-refractivity contribution in [3.8, 4) is 0 Å². The molecule has 2 amide bonds. The molecule has 0 saturated carbocycles. The number of carbonyl (C=O) groups is 2. The number of nitrogens with zero attached hydrogens (tertiary/aromatic N) is 1. The minimum atomic E-state index is -0.398. The SMILES string of the molecule is CCc1ccc(CCC(=O)N2CCC(NC(=O)OC)CC2)cc1. The van der Waals surface area contributed by atoms with Gasteiger partial charge in [0.25, 0.3) is 0 Å². The molecule has 1 saturated heterocycles. The summed E-state index contributed by atoms with van der Waals surface area (Å²) in [4.78, 5) is 25.4. The number of nitrogens with one attached hydrogen (secondary N) is 1. The fourth-order valence-electron chi connectivity index (χ4n) is 2.85. The second-order valence-corrected chi connectivity index (χ2v) is 5.96. The van der Waals surface area contributed by atoms with Gasteiger partial charge in [0.05, 0.1) is 7.11 Å². The van der Waals surface area contributed by atoms with Crippen molar-refractivity contribution in [2.75, 3.05) is 20.2 Å². The van der Waals surface area contributed by atoms with Gasteiger partial charge < -0.3 is 15.0 Å². The maximum absolute atomic E-state index is 12.3. The molecule has 1 aliphatic heterocycles. The molecule has 1 aliphatic rings. The molecule has 0 unspecified atom stereocenters. The number of piperidine rings is 1. The second kappa shape index (κ2) is 8.56. The fourth-order valence-corrected chi connectivity index (χ4v) is 2.85. The average molecular weight is 318 g/mol. The van der Waals surface area contributed by atoms with E-state index in [1.54, 1.807) is 0 Å². The van der Waals surface area contributed by atoms with Crippen LogP contribution in [0.25, 0.3) is 0 Å². The van der Waals surface area contributed by atoms with Gasteiger partial charge in [-0.25, -0.2) is 4.79 Å². The van der Waals surface area contributed by atoms with Crippen LogP contribution in [-0.2, 0) is 22.4 Å². The molecule has 1 heterocycles. The quantitative estimate of drug-likeness (QED) is 0.907. The van der Waals surface area contributed by atoms with Crippen LogP contribution in [0.4, 0.5) is 4.79 Å². The van der Waals surface area contributed by atoms with Crippen LogP contribution in [0.3, 0.4) is 0 Å². The van der Waals surface area contributed by atoms with Gasteiger partial charge in [0, 0.05) is 25.6 Å². The highest BCUT2D eigenvalue weighted by Crippen LogP contribution is 2.13. The van der Waals surface area contributed by atoms with Gasteiger partial charge in [-0.05, 0) is 36.8 Å². The number of hydrogen-bond acceptors (Lipinski definition) is 3. The van der Waals surface area contributed by atoms with E-state index in [2.05, 4.69) is 41.2 Å². The Morgan fingerprint density at radius 2 is 1.78 bits per heavy atom. The van der Waals surface area contributed by atoms with Crippen LogP contribution < -0.4 is 5.32 Å². The van der Waals surface area contributed by atoms with Crippen LogP contribution in [0.5, 0.6) is 0 Å². The Balaban J connectivity index is 1.73. The number of benzene rings is 1. The van der Waals surface area contributed by atoms with E-state index in [0.717, 1.165) is 25.7 Å². The second-order valence-electron chi connectivity index (χ2n) is 5.96. The summed E-state index contributed by atoms with van der Waals surface area (Å²) < 4.78 is 4.60. The molecule has 1 aromatic carbocycles. The summed E-state index contributed by atoms with van der Waals surface area (Å²) in [5.41, 5.74) is 2.53. The lowest BCUT2D eigenvalue weighted by Gasteiger charge is -2.32. The number of amides is 2. The molecule has 5 heteroatoms. The Kier molecular flexibility index (Phi) is 6.44. The third kappa shape index (κ3) is 5.27. The van der Waals surface area contributed by atoms with Crippen molar-refractivity contribution in [3.05, 3.63) is 35.4 Å². The third-order valence-electron chi connectivity index (χ3n) is 4.41. The monoisotopic (exact) mass is 318 g/mol. The van der Waals surface area contributed by atoms with Crippen LogP contribution in [0, 0.1) is 0 Å². The maximum atomic E-state index is 12.3. The normalized spacial score (nSPS) is 15.3. The first-order valence-electron chi connectivity index (χ1n) is 8.32. The van der Waals surface area contributed by atoms with E-state index in [1.807, 2.05) is 4.90 Å². The average Bonchev–Trinajstić information content (AvgIpc) is 2.60. The van der Waals surface area contributed by atoms with E-state index in [4.69, 9.17) is 0 Å². The van der Waals surface area contributed by atoms with Gasteiger partial charge in [-0.2, -0.15) is 0 Å². The Labute approximate surface area is 138 Å². The zero-order chi connectivity index (χ0) is 16.7. The minimum Gasteiger partial charge on any atom is -0.453 e. The third-order valence-corrected chi connectivity index (χ3v) is 4.41. The topological polar surface area (TPSA) is 58.6 Å². The maximum Gasteiger partial charge on any atom is 0.407 e. The van der Waals surface area contributed by atoms with Gasteiger partial charge in [-0.15, -0.1) is 0 Å². The van der Waals surface area contributed by atoms with E-state index in [0.29, 0.717) is 19.5 Å². The molecule has 0 atom stereocenters. The minimum absolute atomic E-state index is 0.105. The molecule has 0 radical (unpaired) electrons. The van der Waals surface area contributed by atoms with Gasteiger partial charge in [0.2, 0.25) is 5.91 Å². The number of carbonyl (C=O) groups excluding carboxylic acids is 2. The summed E-state index contributed by atoms with van der Waals surface area (Å²) in [6, 6.07) is 8.58. The number of ether oxygens (including phenoxy) is 1. The molecule has 0 aliphatic carbocycles. The van der Waals surface area contributed by atoms with Crippen LogP contribution in [-0.4, -0.2) is 43.1 Å². The zero-order valence-corrected chi connectivity index (χ0v) is 14.0. The lowest BCUT2D eigenvalue weighted by molar-refractivity contribution is -0.132. The van der Waals surface area contributed by atoms with Crippen molar-refractivity contribution in [2.24, 2.45) is 0 Å². The first-order valence-corrected chi connectivity index (χ1v) is 8.32. The molecule has 126 valence electrons. The van der Waals surface area contributed by atoms with E-state index in [9.17, 15) is 9.59 Å². The standard InChI is InChI=1S/C18H26N2O3/c1-3-14-4-6-15(7-5-14)8-9-17(21)20-12-10-16(11-13-20)19-18(22)23-2/h4-7,16H,3,8-13H2,1-2H3,(H,19,22). The van der Waals surface area contributed by atoms with Crippen LogP contribution in [0.2, 0.25) is 0 Å². The zero-order valence-electron chi connectivity index (χ0n) is 14.0. The molecule has 5 nitrogen and oxygen atoms in total. The Morgan fingerprint density at radius 3 is 2.35 bits per heavy atom.